The van der Waals surface area contributed by atoms with Crippen LogP contribution in [0.4, 0.5) is 0 Å². The highest BCUT2D eigenvalue weighted by atomic mass is 35.5. The van der Waals surface area contributed by atoms with Gasteiger partial charge < -0.3 is 9.80 Å². The van der Waals surface area contributed by atoms with Gasteiger partial charge >= 0.3 is 0 Å². The van der Waals surface area contributed by atoms with E-state index < -0.39 is 0 Å². The van der Waals surface area contributed by atoms with Crippen molar-refractivity contribution in [3.8, 4) is 0 Å². The first-order valence-electron chi connectivity index (χ1n) is 7.48. The van der Waals surface area contributed by atoms with Gasteiger partial charge in [-0.15, -0.1) is 0 Å². The molecule has 2 aliphatic rings. The van der Waals surface area contributed by atoms with Gasteiger partial charge in [-0.25, -0.2) is 0 Å². The Hall–Kier alpha value is -1.11. The molecule has 1 aromatic rings. The lowest BCUT2D eigenvalue weighted by atomic mass is 10.2. The molecule has 1 atom stereocenters. The van der Waals surface area contributed by atoms with Crippen molar-refractivity contribution in [1.82, 2.24) is 24.9 Å². The molecular formula is C14H22ClN5O. The van der Waals surface area contributed by atoms with Crippen molar-refractivity contribution in [2.45, 2.75) is 19.4 Å². The zero-order valence-corrected chi connectivity index (χ0v) is 13.4. The number of amides is 1. The highest BCUT2D eigenvalue weighted by Crippen LogP contribution is 2.23. The Morgan fingerprint density at radius 1 is 1.29 bits per heavy atom. The first-order chi connectivity index (χ1) is 10.1. The van der Waals surface area contributed by atoms with Crippen LogP contribution in [0.25, 0.3) is 0 Å². The molecule has 2 saturated heterocycles. The van der Waals surface area contributed by atoms with Crippen LogP contribution >= 0.6 is 11.6 Å². The maximum atomic E-state index is 12.5. The van der Waals surface area contributed by atoms with E-state index in [1.165, 1.54) is 0 Å². The van der Waals surface area contributed by atoms with Crippen LogP contribution in [0.1, 0.15) is 22.6 Å². The first kappa shape index (κ1) is 14.8. The fraction of sp³-hybridized carbons (Fsp3) is 0.714. The number of nitrogens with zero attached hydrogens (tertiary/aromatic N) is 4. The average molecular weight is 312 g/mol. The summed E-state index contributed by atoms with van der Waals surface area (Å²) in [6, 6.07) is 0.474. The van der Waals surface area contributed by atoms with Gasteiger partial charge in [0.1, 0.15) is 0 Å². The van der Waals surface area contributed by atoms with E-state index in [0.717, 1.165) is 51.4 Å². The second kappa shape index (κ2) is 5.94. The number of piperazine rings is 1. The topological polar surface area (TPSA) is 55.5 Å². The van der Waals surface area contributed by atoms with Gasteiger partial charge in [-0.1, -0.05) is 11.6 Å². The summed E-state index contributed by atoms with van der Waals surface area (Å²) in [7, 11) is 2.16. The summed E-state index contributed by atoms with van der Waals surface area (Å²) in [5.41, 5.74) is 1.10. The number of hydrogen-bond donors (Lipinski definition) is 1. The van der Waals surface area contributed by atoms with Crippen LogP contribution in [0.2, 0.25) is 5.02 Å². The first-order valence-corrected chi connectivity index (χ1v) is 7.86. The van der Waals surface area contributed by atoms with Crippen LogP contribution in [-0.2, 0) is 0 Å². The van der Waals surface area contributed by atoms with Crippen molar-refractivity contribution in [3.05, 3.63) is 16.4 Å². The number of likely N-dealkylation sites (tertiary alicyclic amines) is 1. The molecule has 0 bridgehead atoms. The van der Waals surface area contributed by atoms with Crippen molar-refractivity contribution < 1.29 is 4.79 Å². The largest absolute Gasteiger partial charge is 0.336 e. The second-order valence-corrected chi connectivity index (χ2v) is 6.42. The number of nitrogens with one attached hydrogen (secondary N) is 1. The number of halogens is 1. The lowest BCUT2D eigenvalue weighted by Gasteiger charge is -2.36. The number of aromatic amines is 1. The molecule has 116 valence electrons. The number of rotatable bonds is 2. The van der Waals surface area contributed by atoms with Crippen LogP contribution in [-0.4, -0.2) is 83.2 Å². The van der Waals surface area contributed by atoms with Gasteiger partial charge in [0.2, 0.25) is 0 Å². The quantitative estimate of drug-likeness (QED) is 0.879. The Morgan fingerprint density at radius 2 is 2.00 bits per heavy atom. The molecule has 0 spiro atoms. The standard InChI is InChI=1S/C14H22ClN5O/c1-10-12(15)13(17-16-10)14(21)20-4-3-11(9-20)19-7-5-18(2)6-8-19/h11H,3-9H2,1-2H3,(H,16,17)/t11-/m0/s1. The van der Waals surface area contributed by atoms with Gasteiger partial charge in [0.15, 0.2) is 5.69 Å². The minimum atomic E-state index is -0.0547. The number of aromatic nitrogens is 2. The smallest absolute Gasteiger partial charge is 0.275 e. The molecule has 6 nitrogen and oxygen atoms in total. The zero-order valence-electron chi connectivity index (χ0n) is 12.6. The fourth-order valence-electron chi connectivity index (χ4n) is 3.12. The van der Waals surface area contributed by atoms with Gasteiger partial charge in [0.25, 0.3) is 5.91 Å². The Bertz CT molecular complexity index is 523. The highest BCUT2D eigenvalue weighted by molar-refractivity contribution is 6.34. The minimum absolute atomic E-state index is 0.0547. The molecule has 7 heteroatoms. The van der Waals surface area contributed by atoms with E-state index in [4.69, 9.17) is 11.6 Å². The van der Waals surface area contributed by atoms with Crippen LogP contribution in [0, 0.1) is 6.92 Å². The zero-order chi connectivity index (χ0) is 15.0. The molecule has 1 amide bonds. The number of aryl methyl sites for hydroxylation is 1. The van der Waals surface area contributed by atoms with Gasteiger partial charge in [-0.2, -0.15) is 5.10 Å². The fourth-order valence-corrected chi connectivity index (χ4v) is 3.28. The number of H-pyrrole nitrogens is 1. The third-order valence-electron chi connectivity index (χ3n) is 4.58. The van der Waals surface area contributed by atoms with E-state index in [0.29, 0.717) is 16.8 Å². The molecule has 0 saturated carbocycles. The predicted octanol–water partition coefficient (Wildman–Crippen LogP) is 0.833. The molecule has 21 heavy (non-hydrogen) atoms. The van der Waals surface area contributed by atoms with Crippen LogP contribution in [0.5, 0.6) is 0 Å². The number of likely N-dealkylation sites (N-methyl/N-ethyl adjacent to an activating group) is 1. The van der Waals surface area contributed by atoms with Crippen molar-refractivity contribution in [2.24, 2.45) is 0 Å². The van der Waals surface area contributed by atoms with E-state index in [2.05, 4.69) is 27.0 Å². The van der Waals surface area contributed by atoms with Crippen LogP contribution < -0.4 is 0 Å². The molecule has 0 aliphatic carbocycles. The third-order valence-corrected chi connectivity index (χ3v) is 5.04. The molecule has 1 N–H and O–H groups in total. The molecule has 0 unspecified atom stereocenters. The van der Waals surface area contributed by atoms with Crippen LogP contribution in [0.3, 0.4) is 0 Å². The molecule has 2 fully saturated rings. The van der Waals surface area contributed by atoms with Gasteiger partial charge in [0, 0.05) is 45.3 Å². The van der Waals surface area contributed by atoms with Crippen molar-refractivity contribution in [3.63, 3.8) is 0 Å². The van der Waals surface area contributed by atoms with Gasteiger partial charge in [0.05, 0.1) is 10.7 Å². The summed E-state index contributed by atoms with van der Waals surface area (Å²) in [5.74, 6) is -0.0547. The lowest BCUT2D eigenvalue weighted by molar-refractivity contribution is 0.0750. The van der Waals surface area contributed by atoms with Gasteiger partial charge in [-0.05, 0) is 20.4 Å². The normalized spacial score (nSPS) is 24.7. The number of carbonyl (C=O) groups is 1. The molecular weight excluding hydrogens is 290 g/mol. The summed E-state index contributed by atoms with van der Waals surface area (Å²) in [5, 5.41) is 7.26. The van der Waals surface area contributed by atoms with E-state index in [1.807, 2.05) is 11.8 Å². The van der Waals surface area contributed by atoms with E-state index in [9.17, 15) is 4.79 Å². The third kappa shape index (κ3) is 2.93. The number of carbonyl (C=O) groups excluding carboxylic acids is 1. The Labute approximate surface area is 130 Å². The molecule has 0 aromatic carbocycles. The molecule has 0 radical (unpaired) electrons. The average Bonchev–Trinajstić information content (AvgIpc) is 3.08. The molecule has 3 heterocycles. The van der Waals surface area contributed by atoms with Gasteiger partial charge in [-0.3, -0.25) is 14.8 Å². The lowest BCUT2D eigenvalue weighted by Crippen LogP contribution is -2.50. The van der Waals surface area contributed by atoms with E-state index >= 15 is 0 Å². The van der Waals surface area contributed by atoms with Crippen LogP contribution in [0.15, 0.2) is 0 Å². The summed E-state index contributed by atoms with van der Waals surface area (Å²) in [6.45, 7) is 7.78. The minimum Gasteiger partial charge on any atom is -0.336 e. The number of hydrogen-bond acceptors (Lipinski definition) is 4. The summed E-state index contributed by atoms with van der Waals surface area (Å²) in [6.07, 6.45) is 1.04. The van der Waals surface area contributed by atoms with Crippen molar-refractivity contribution in [1.29, 1.82) is 0 Å². The summed E-state index contributed by atoms with van der Waals surface area (Å²) >= 11 is 6.13. The maximum absolute atomic E-state index is 12.5. The van der Waals surface area contributed by atoms with E-state index in [-0.39, 0.29) is 5.91 Å². The second-order valence-electron chi connectivity index (χ2n) is 6.04. The summed E-state index contributed by atoms with van der Waals surface area (Å²) < 4.78 is 0. The Balaban J connectivity index is 1.62. The Morgan fingerprint density at radius 3 is 2.62 bits per heavy atom. The SMILES string of the molecule is Cc1[nH]nc(C(=O)N2CC[C@H](N3CCN(C)CC3)C2)c1Cl. The van der Waals surface area contributed by atoms with E-state index in [1.54, 1.807) is 0 Å². The van der Waals surface area contributed by atoms with Crippen molar-refractivity contribution in [2.75, 3.05) is 46.3 Å². The molecule has 3 rings (SSSR count). The molecule has 2 aliphatic heterocycles. The monoisotopic (exact) mass is 311 g/mol. The summed E-state index contributed by atoms with van der Waals surface area (Å²) in [4.78, 5) is 19.2. The van der Waals surface area contributed by atoms with Crippen molar-refractivity contribution >= 4 is 17.5 Å². The Kier molecular flexibility index (Phi) is 4.19. The molecule has 1 aromatic heterocycles. The highest BCUT2D eigenvalue weighted by Gasteiger charge is 2.33. The maximum Gasteiger partial charge on any atom is 0.275 e. The predicted molar refractivity (Wildman–Crippen MR) is 81.7 cm³/mol.